The maximum atomic E-state index is 10.4. The monoisotopic (exact) mass is 170 g/mol. The number of rotatable bonds is 1. The third-order valence-corrected chi connectivity index (χ3v) is 1.66. The summed E-state index contributed by atoms with van der Waals surface area (Å²) in [7, 11) is 1.86. The number of hydrogen-bond donors (Lipinski definition) is 2. The van der Waals surface area contributed by atoms with Crippen LogP contribution < -0.4 is 5.43 Å². The van der Waals surface area contributed by atoms with Gasteiger partial charge in [0.2, 0.25) is 0 Å². The zero-order chi connectivity index (χ0) is 9.56. The van der Waals surface area contributed by atoms with Crippen LogP contribution in [0.4, 0.5) is 0 Å². The Morgan fingerprint density at radius 2 is 2.25 bits per heavy atom. The van der Waals surface area contributed by atoms with Crippen molar-refractivity contribution in [2.75, 3.05) is 13.6 Å². The molecule has 1 aliphatic rings. The minimum atomic E-state index is -0.758. The Morgan fingerprint density at radius 1 is 1.67 bits per heavy atom. The SMILES string of the molecule is C#C.CN1CCC[C@@H](C(=O)O)N1. The van der Waals surface area contributed by atoms with E-state index in [1.807, 2.05) is 12.1 Å². The van der Waals surface area contributed by atoms with Crippen molar-refractivity contribution in [2.45, 2.75) is 18.9 Å². The van der Waals surface area contributed by atoms with Gasteiger partial charge < -0.3 is 5.11 Å². The third-order valence-electron chi connectivity index (χ3n) is 1.66. The van der Waals surface area contributed by atoms with Gasteiger partial charge in [-0.3, -0.25) is 4.79 Å². The number of carboxylic acids is 1. The lowest BCUT2D eigenvalue weighted by Gasteiger charge is -2.28. The number of hydrazine groups is 1. The molecule has 1 atom stereocenters. The lowest BCUT2D eigenvalue weighted by molar-refractivity contribution is -0.142. The van der Waals surface area contributed by atoms with Crippen molar-refractivity contribution in [3.63, 3.8) is 0 Å². The van der Waals surface area contributed by atoms with Crippen molar-refractivity contribution in [3.8, 4) is 12.8 Å². The summed E-state index contributed by atoms with van der Waals surface area (Å²) in [6.07, 6.45) is 9.69. The molecule has 0 unspecified atom stereocenters. The zero-order valence-corrected chi connectivity index (χ0v) is 7.16. The van der Waals surface area contributed by atoms with E-state index in [4.69, 9.17) is 5.11 Å². The summed E-state index contributed by atoms with van der Waals surface area (Å²) in [4.78, 5) is 10.4. The van der Waals surface area contributed by atoms with Crippen LogP contribution >= 0.6 is 0 Å². The maximum absolute atomic E-state index is 10.4. The highest BCUT2D eigenvalue weighted by atomic mass is 16.4. The van der Waals surface area contributed by atoms with E-state index in [2.05, 4.69) is 18.3 Å². The normalized spacial score (nSPS) is 23.8. The molecular weight excluding hydrogens is 156 g/mol. The molecule has 4 nitrogen and oxygen atoms in total. The third kappa shape index (κ3) is 3.37. The van der Waals surface area contributed by atoms with Crippen molar-refractivity contribution < 1.29 is 9.90 Å². The van der Waals surface area contributed by atoms with Gasteiger partial charge in [0.15, 0.2) is 0 Å². The Labute approximate surface area is 72.5 Å². The summed E-state index contributed by atoms with van der Waals surface area (Å²) < 4.78 is 0. The topological polar surface area (TPSA) is 52.6 Å². The second-order valence-corrected chi connectivity index (χ2v) is 2.58. The van der Waals surface area contributed by atoms with Gasteiger partial charge in [0.25, 0.3) is 0 Å². The Hall–Kier alpha value is -1.05. The van der Waals surface area contributed by atoms with Crippen LogP contribution in [0.5, 0.6) is 0 Å². The van der Waals surface area contributed by atoms with E-state index < -0.39 is 5.97 Å². The molecule has 0 aromatic rings. The van der Waals surface area contributed by atoms with Crippen LogP contribution in [0, 0.1) is 12.8 Å². The van der Waals surface area contributed by atoms with Gasteiger partial charge in [-0.2, -0.15) is 0 Å². The summed E-state index contributed by atoms with van der Waals surface area (Å²) >= 11 is 0. The molecule has 68 valence electrons. The van der Waals surface area contributed by atoms with Gasteiger partial charge in [-0.05, 0) is 12.8 Å². The molecule has 0 aromatic heterocycles. The molecule has 0 amide bonds. The molecule has 1 heterocycles. The lowest BCUT2D eigenvalue weighted by Crippen LogP contribution is -2.50. The van der Waals surface area contributed by atoms with Gasteiger partial charge >= 0.3 is 5.97 Å². The van der Waals surface area contributed by atoms with Crippen LogP contribution in [0.15, 0.2) is 0 Å². The van der Waals surface area contributed by atoms with Gasteiger partial charge in [-0.25, -0.2) is 10.4 Å². The summed E-state index contributed by atoms with van der Waals surface area (Å²) in [5.74, 6) is -0.758. The predicted molar refractivity (Wildman–Crippen MR) is 46.3 cm³/mol. The van der Waals surface area contributed by atoms with Gasteiger partial charge in [0.1, 0.15) is 6.04 Å². The van der Waals surface area contributed by atoms with E-state index in [0.29, 0.717) is 0 Å². The van der Waals surface area contributed by atoms with Crippen LogP contribution in [0.25, 0.3) is 0 Å². The highest BCUT2D eigenvalue weighted by Gasteiger charge is 2.21. The second kappa shape index (κ2) is 5.58. The van der Waals surface area contributed by atoms with Crippen LogP contribution in [0.1, 0.15) is 12.8 Å². The average molecular weight is 170 g/mol. The van der Waals surface area contributed by atoms with Crippen LogP contribution in [0.3, 0.4) is 0 Å². The van der Waals surface area contributed by atoms with E-state index in [0.717, 1.165) is 19.4 Å². The molecule has 0 aromatic carbocycles. The molecule has 4 heteroatoms. The highest BCUT2D eigenvalue weighted by molar-refractivity contribution is 5.73. The molecule has 1 saturated heterocycles. The fourth-order valence-corrected chi connectivity index (χ4v) is 1.11. The number of hydrogen-bond acceptors (Lipinski definition) is 3. The summed E-state index contributed by atoms with van der Waals surface area (Å²) in [6, 6.07) is -0.376. The zero-order valence-electron chi connectivity index (χ0n) is 7.16. The average Bonchev–Trinajstić information content (AvgIpc) is 2.08. The summed E-state index contributed by atoms with van der Waals surface area (Å²) in [5.41, 5.74) is 2.85. The fraction of sp³-hybridized carbons (Fsp3) is 0.625. The molecular formula is C8H14N2O2. The first-order chi connectivity index (χ1) is 5.70. The first kappa shape index (κ1) is 11.0. The van der Waals surface area contributed by atoms with Crippen molar-refractivity contribution in [2.24, 2.45) is 0 Å². The van der Waals surface area contributed by atoms with Crippen LogP contribution in [0.2, 0.25) is 0 Å². The Bertz CT molecular complexity index is 168. The van der Waals surface area contributed by atoms with E-state index >= 15 is 0 Å². The second-order valence-electron chi connectivity index (χ2n) is 2.58. The molecule has 1 aliphatic heterocycles. The van der Waals surface area contributed by atoms with Crippen molar-refractivity contribution >= 4 is 5.97 Å². The molecule has 0 bridgehead atoms. The molecule has 1 rings (SSSR count). The largest absolute Gasteiger partial charge is 0.480 e. The molecule has 0 aliphatic carbocycles. The van der Waals surface area contributed by atoms with Crippen LogP contribution in [-0.4, -0.2) is 35.7 Å². The molecule has 2 N–H and O–H groups in total. The highest BCUT2D eigenvalue weighted by Crippen LogP contribution is 2.04. The smallest absolute Gasteiger partial charge is 0.322 e. The minimum absolute atomic E-state index is 0.376. The number of carbonyl (C=O) groups is 1. The van der Waals surface area contributed by atoms with Crippen LogP contribution in [-0.2, 0) is 4.79 Å². The number of carboxylic acid groups (broad SMARTS) is 1. The predicted octanol–water partition coefficient (Wildman–Crippen LogP) is -0.0808. The van der Waals surface area contributed by atoms with E-state index in [9.17, 15) is 4.79 Å². The summed E-state index contributed by atoms with van der Waals surface area (Å²) in [6.45, 7) is 0.934. The van der Waals surface area contributed by atoms with Gasteiger partial charge in [-0.15, -0.1) is 12.8 Å². The fourth-order valence-electron chi connectivity index (χ4n) is 1.11. The standard InChI is InChI=1S/C6H12N2O2.C2H2/c1-8-4-2-3-5(7-8)6(9)10;1-2/h5,7H,2-4H2,1H3,(H,9,10);1-2H/t5-;/m0./s1. The van der Waals surface area contributed by atoms with Crippen molar-refractivity contribution in [1.82, 2.24) is 10.4 Å². The van der Waals surface area contributed by atoms with Crippen molar-refractivity contribution in [3.05, 3.63) is 0 Å². The van der Waals surface area contributed by atoms with E-state index in [1.165, 1.54) is 0 Å². The van der Waals surface area contributed by atoms with E-state index in [-0.39, 0.29) is 6.04 Å². The number of aliphatic carboxylic acids is 1. The lowest BCUT2D eigenvalue weighted by atomic mass is 10.1. The number of nitrogens with zero attached hydrogens (tertiary/aromatic N) is 1. The van der Waals surface area contributed by atoms with Gasteiger partial charge in [0, 0.05) is 13.6 Å². The molecule has 1 fully saturated rings. The Morgan fingerprint density at radius 3 is 2.58 bits per heavy atom. The van der Waals surface area contributed by atoms with Gasteiger partial charge in [-0.1, -0.05) is 0 Å². The van der Waals surface area contributed by atoms with Gasteiger partial charge in [0.05, 0.1) is 0 Å². The molecule has 0 radical (unpaired) electrons. The number of nitrogens with one attached hydrogen (secondary N) is 1. The summed E-state index contributed by atoms with van der Waals surface area (Å²) in [5, 5.41) is 10.4. The Balaban J connectivity index is 0.000000561. The quantitative estimate of drug-likeness (QED) is 0.540. The molecule has 0 spiro atoms. The number of terminal acetylenes is 1. The first-order valence-electron chi connectivity index (χ1n) is 3.73. The van der Waals surface area contributed by atoms with E-state index in [1.54, 1.807) is 0 Å². The molecule has 12 heavy (non-hydrogen) atoms. The first-order valence-corrected chi connectivity index (χ1v) is 3.73. The maximum Gasteiger partial charge on any atom is 0.322 e. The molecule has 0 saturated carbocycles. The minimum Gasteiger partial charge on any atom is -0.480 e. The Kier molecular flexibility index (Phi) is 5.09. The van der Waals surface area contributed by atoms with Crippen molar-refractivity contribution in [1.29, 1.82) is 0 Å².